The van der Waals surface area contributed by atoms with Crippen molar-refractivity contribution >= 4 is 28.5 Å². The number of unbranched alkanes of at least 4 members (excludes halogenated alkanes) is 2. The highest BCUT2D eigenvalue weighted by Crippen LogP contribution is 2.18. The molecular formula is C22H26ClN3O2. The van der Waals surface area contributed by atoms with Gasteiger partial charge < -0.3 is 14.6 Å². The molecule has 28 heavy (non-hydrogen) atoms. The number of para-hydroxylation sites is 2. The van der Waals surface area contributed by atoms with Gasteiger partial charge in [-0.2, -0.15) is 0 Å². The highest BCUT2D eigenvalue weighted by molar-refractivity contribution is 6.33. The molecule has 0 saturated heterocycles. The molecule has 0 aliphatic heterocycles. The second-order valence-corrected chi connectivity index (χ2v) is 7.11. The van der Waals surface area contributed by atoms with Gasteiger partial charge in [-0.15, -0.1) is 0 Å². The molecule has 0 unspecified atom stereocenters. The molecular weight excluding hydrogens is 374 g/mol. The van der Waals surface area contributed by atoms with Crippen LogP contribution in [0.4, 0.5) is 0 Å². The van der Waals surface area contributed by atoms with E-state index in [9.17, 15) is 4.79 Å². The highest BCUT2D eigenvalue weighted by Gasteiger charge is 2.10. The number of hydrogen-bond acceptors (Lipinski definition) is 3. The summed E-state index contributed by atoms with van der Waals surface area (Å²) in [7, 11) is 1.72. The number of methoxy groups -OCH3 is 1. The first-order valence-electron chi connectivity index (χ1n) is 9.66. The largest absolute Gasteiger partial charge is 0.383 e. The number of carbonyl (C=O) groups excluding carboxylic acids is 1. The van der Waals surface area contributed by atoms with Crippen molar-refractivity contribution in [1.29, 1.82) is 0 Å². The van der Waals surface area contributed by atoms with Gasteiger partial charge >= 0.3 is 0 Å². The normalized spacial score (nSPS) is 11.1. The number of nitrogens with one attached hydrogen (secondary N) is 1. The van der Waals surface area contributed by atoms with Gasteiger partial charge in [0.25, 0.3) is 5.91 Å². The number of ether oxygens (including phenoxy) is 1. The quantitative estimate of drug-likeness (QED) is 0.511. The summed E-state index contributed by atoms with van der Waals surface area (Å²) in [4.78, 5) is 16.9. The van der Waals surface area contributed by atoms with Crippen molar-refractivity contribution in [3.63, 3.8) is 0 Å². The number of halogens is 1. The standard InChI is InChI=1S/C22H26ClN3O2/c1-28-16-15-26-20-12-7-6-11-19(20)25-21(26)13-3-2-8-14-24-22(27)17-9-4-5-10-18(17)23/h4-7,9-12H,2-3,8,13-16H2,1H3,(H,24,27). The summed E-state index contributed by atoms with van der Waals surface area (Å²) in [6, 6.07) is 15.3. The fraction of sp³-hybridized carbons (Fsp3) is 0.364. The number of carbonyl (C=O) groups is 1. The number of amides is 1. The van der Waals surface area contributed by atoms with E-state index in [1.54, 1.807) is 19.2 Å². The molecule has 0 saturated carbocycles. The molecule has 1 aromatic heterocycles. The van der Waals surface area contributed by atoms with Gasteiger partial charge in [-0.3, -0.25) is 4.79 Å². The van der Waals surface area contributed by atoms with Gasteiger partial charge in [0.05, 0.1) is 28.2 Å². The number of rotatable bonds is 10. The average Bonchev–Trinajstić information content (AvgIpc) is 3.06. The molecule has 0 atom stereocenters. The van der Waals surface area contributed by atoms with Crippen LogP contribution in [0.2, 0.25) is 5.02 Å². The van der Waals surface area contributed by atoms with E-state index in [4.69, 9.17) is 21.3 Å². The van der Waals surface area contributed by atoms with Gasteiger partial charge in [0.2, 0.25) is 0 Å². The summed E-state index contributed by atoms with van der Waals surface area (Å²) in [6.07, 6.45) is 3.89. The SMILES string of the molecule is COCCn1c(CCCCCNC(=O)c2ccccc2Cl)nc2ccccc21. The zero-order valence-corrected chi connectivity index (χ0v) is 16.9. The van der Waals surface area contributed by atoms with Crippen molar-refractivity contribution in [2.45, 2.75) is 32.2 Å². The smallest absolute Gasteiger partial charge is 0.252 e. The van der Waals surface area contributed by atoms with Crippen LogP contribution >= 0.6 is 11.6 Å². The van der Waals surface area contributed by atoms with E-state index in [1.807, 2.05) is 30.3 Å². The second-order valence-electron chi connectivity index (χ2n) is 6.71. The number of nitrogens with zero attached hydrogens (tertiary/aromatic N) is 2. The lowest BCUT2D eigenvalue weighted by molar-refractivity contribution is 0.0953. The Hall–Kier alpha value is -2.37. The molecule has 0 aliphatic carbocycles. The lowest BCUT2D eigenvalue weighted by Crippen LogP contribution is -2.24. The Morgan fingerprint density at radius 1 is 1.11 bits per heavy atom. The monoisotopic (exact) mass is 399 g/mol. The fourth-order valence-electron chi connectivity index (χ4n) is 3.28. The summed E-state index contributed by atoms with van der Waals surface area (Å²) in [6.45, 7) is 2.12. The molecule has 1 amide bonds. The lowest BCUT2D eigenvalue weighted by Gasteiger charge is -2.09. The topological polar surface area (TPSA) is 56.1 Å². The van der Waals surface area contributed by atoms with Gasteiger partial charge in [-0.1, -0.05) is 42.3 Å². The molecule has 0 fully saturated rings. The maximum atomic E-state index is 12.1. The van der Waals surface area contributed by atoms with Crippen molar-refractivity contribution in [2.75, 3.05) is 20.3 Å². The third-order valence-electron chi connectivity index (χ3n) is 4.73. The van der Waals surface area contributed by atoms with Crippen LogP contribution in [0, 0.1) is 0 Å². The molecule has 3 aromatic rings. The Labute approximate surface area is 170 Å². The van der Waals surface area contributed by atoms with Crippen molar-refractivity contribution < 1.29 is 9.53 Å². The van der Waals surface area contributed by atoms with E-state index in [2.05, 4.69) is 16.0 Å². The maximum absolute atomic E-state index is 12.1. The molecule has 0 spiro atoms. The minimum atomic E-state index is -0.119. The van der Waals surface area contributed by atoms with Crippen LogP contribution in [-0.2, 0) is 17.7 Å². The third kappa shape index (κ3) is 5.12. The molecule has 1 heterocycles. The summed E-state index contributed by atoms with van der Waals surface area (Å²) in [5, 5.41) is 3.42. The Kier molecular flexibility index (Phi) is 7.46. The Morgan fingerprint density at radius 3 is 2.71 bits per heavy atom. The summed E-state index contributed by atoms with van der Waals surface area (Å²) in [5.41, 5.74) is 2.71. The first kappa shape index (κ1) is 20.4. The molecule has 0 aliphatic rings. The van der Waals surface area contributed by atoms with Crippen LogP contribution in [0.1, 0.15) is 35.4 Å². The van der Waals surface area contributed by atoms with Gasteiger partial charge in [0.15, 0.2) is 0 Å². The second kappa shape index (κ2) is 10.2. The van der Waals surface area contributed by atoms with Crippen LogP contribution in [-0.4, -0.2) is 35.7 Å². The van der Waals surface area contributed by atoms with Gasteiger partial charge in [-0.05, 0) is 37.1 Å². The Bertz CT molecular complexity index is 923. The van der Waals surface area contributed by atoms with Crippen molar-refractivity contribution in [3.8, 4) is 0 Å². The lowest BCUT2D eigenvalue weighted by atomic mass is 10.1. The summed E-state index contributed by atoms with van der Waals surface area (Å²) >= 11 is 6.05. The van der Waals surface area contributed by atoms with E-state index in [1.165, 1.54) is 0 Å². The van der Waals surface area contributed by atoms with Crippen LogP contribution in [0.3, 0.4) is 0 Å². The van der Waals surface area contributed by atoms with Gasteiger partial charge in [-0.25, -0.2) is 4.98 Å². The molecule has 2 aromatic carbocycles. The predicted molar refractivity (Wildman–Crippen MR) is 113 cm³/mol. The predicted octanol–water partition coefficient (Wildman–Crippen LogP) is 4.48. The number of benzene rings is 2. The molecule has 148 valence electrons. The molecule has 0 bridgehead atoms. The molecule has 3 rings (SSSR count). The van der Waals surface area contributed by atoms with E-state index in [0.29, 0.717) is 23.7 Å². The first-order chi connectivity index (χ1) is 13.7. The minimum Gasteiger partial charge on any atom is -0.383 e. The van der Waals surface area contributed by atoms with E-state index < -0.39 is 0 Å². The third-order valence-corrected chi connectivity index (χ3v) is 5.06. The summed E-state index contributed by atoms with van der Waals surface area (Å²) < 4.78 is 7.49. The van der Waals surface area contributed by atoms with Crippen LogP contribution < -0.4 is 5.32 Å². The minimum absolute atomic E-state index is 0.119. The van der Waals surface area contributed by atoms with Crippen molar-refractivity contribution in [2.24, 2.45) is 0 Å². The van der Waals surface area contributed by atoms with Crippen LogP contribution in [0.5, 0.6) is 0 Å². The van der Waals surface area contributed by atoms with E-state index in [0.717, 1.165) is 49.1 Å². The number of hydrogen-bond donors (Lipinski definition) is 1. The molecule has 1 N–H and O–H groups in total. The Morgan fingerprint density at radius 2 is 1.89 bits per heavy atom. The van der Waals surface area contributed by atoms with E-state index >= 15 is 0 Å². The zero-order valence-electron chi connectivity index (χ0n) is 16.2. The van der Waals surface area contributed by atoms with Crippen molar-refractivity contribution in [3.05, 3.63) is 64.9 Å². The maximum Gasteiger partial charge on any atom is 0.252 e. The van der Waals surface area contributed by atoms with E-state index in [-0.39, 0.29) is 5.91 Å². The molecule has 6 heteroatoms. The highest BCUT2D eigenvalue weighted by atomic mass is 35.5. The number of imidazole rings is 1. The molecule has 5 nitrogen and oxygen atoms in total. The number of aromatic nitrogens is 2. The number of aryl methyl sites for hydroxylation is 1. The van der Waals surface area contributed by atoms with Gasteiger partial charge in [0.1, 0.15) is 5.82 Å². The van der Waals surface area contributed by atoms with Gasteiger partial charge in [0, 0.05) is 26.6 Å². The first-order valence-corrected chi connectivity index (χ1v) is 10.0. The van der Waals surface area contributed by atoms with Crippen LogP contribution in [0.15, 0.2) is 48.5 Å². The Balaban J connectivity index is 1.46. The molecule has 0 radical (unpaired) electrons. The fourth-order valence-corrected chi connectivity index (χ4v) is 3.50. The zero-order chi connectivity index (χ0) is 19.8. The van der Waals surface area contributed by atoms with Crippen molar-refractivity contribution in [1.82, 2.24) is 14.9 Å². The summed E-state index contributed by atoms with van der Waals surface area (Å²) in [5.74, 6) is 0.977. The van der Waals surface area contributed by atoms with Crippen LogP contribution in [0.25, 0.3) is 11.0 Å². The number of fused-ring (bicyclic) bond motifs is 1. The average molecular weight is 400 g/mol.